The number of hydrogen-bond acceptors (Lipinski definition) is 4. The molecule has 18 heavy (non-hydrogen) atoms. The Hall–Kier alpha value is -1.75. The van der Waals surface area contributed by atoms with Gasteiger partial charge in [-0.05, 0) is 30.7 Å². The lowest BCUT2D eigenvalue weighted by atomic mass is 10.1. The standard InChI is InChI=1S/C12H13ClN4O/c1-7-12(14)15-16-17(7)6-10-5-8-4-9(13)2-3-11(8)18-10/h2-4,10H,5-6,14H2,1H3. The van der Waals surface area contributed by atoms with E-state index in [4.69, 9.17) is 22.1 Å². The van der Waals surface area contributed by atoms with Gasteiger partial charge in [0.1, 0.15) is 11.9 Å². The number of halogens is 1. The maximum absolute atomic E-state index is 5.96. The Balaban J connectivity index is 1.76. The summed E-state index contributed by atoms with van der Waals surface area (Å²) in [4.78, 5) is 0. The lowest BCUT2D eigenvalue weighted by Gasteiger charge is -2.11. The molecule has 0 spiro atoms. The van der Waals surface area contributed by atoms with Gasteiger partial charge in [0.2, 0.25) is 0 Å². The quantitative estimate of drug-likeness (QED) is 0.899. The van der Waals surface area contributed by atoms with Crippen LogP contribution in [0.4, 0.5) is 5.82 Å². The van der Waals surface area contributed by atoms with Crippen molar-refractivity contribution in [3.63, 3.8) is 0 Å². The fraction of sp³-hybridized carbons (Fsp3) is 0.333. The van der Waals surface area contributed by atoms with Gasteiger partial charge in [0.05, 0.1) is 12.2 Å². The Kier molecular flexibility index (Phi) is 2.63. The molecule has 0 bridgehead atoms. The number of ether oxygens (including phenoxy) is 1. The van der Waals surface area contributed by atoms with Gasteiger partial charge in [-0.3, -0.25) is 0 Å². The lowest BCUT2D eigenvalue weighted by molar-refractivity contribution is 0.201. The Morgan fingerprint density at radius 3 is 3.11 bits per heavy atom. The highest BCUT2D eigenvalue weighted by atomic mass is 35.5. The molecule has 0 fully saturated rings. The summed E-state index contributed by atoms with van der Waals surface area (Å²) in [7, 11) is 0. The average molecular weight is 265 g/mol. The first-order valence-corrected chi connectivity index (χ1v) is 6.12. The molecular formula is C12H13ClN4O. The zero-order chi connectivity index (χ0) is 12.7. The molecule has 1 atom stereocenters. The molecule has 2 aromatic rings. The third kappa shape index (κ3) is 1.90. The van der Waals surface area contributed by atoms with E-state index in [2.05, 4.69) is 10.3 Å². The second-order valence-electron chi connectivity index (χ2n) is 4.44. The van der Waals surface area contributed by atoms with Gasteiger partial charge in [-0.2, -0.15) is 0 Å². The number of nitrogen functional groups attached to an aromatic ring is 1. The van der Waals surface area contributed by atoms with Crippen molar-refractivity contribution in [3.05, 3.63) is 34.5 Å². The molecule has 1 unspecified atom stereocenters. The minimum Gasteiger partial charge on any atom is -0.488 e. The van der Waals surface area contributed by atoms with E-state index in [0.29, 0.717) is 12.4 Å². The predicted octanol–water partition coefficient (Wildman–Crippen LogP) is 1.83. The number of nitrogens with two attached hydrogens (primary N) is 1. The van der Waals surface area contributed by atoms with Crippen LogP contribution in [-0.2, 0) is 13.0 Å². The van der Waals surface area contributed by atoms with E-state index in [1.165, 1.54) is 0 Å². The maximum atomic E-state index is 5.96. The van der Waals surface area contributed by atoms with Gasteiger partial charge in [0, 0.05) is 11.4 Å². The summed E-state index contributed by atoms with van der Waals surface area (Å²) in [6.45, 7) is 2.54. The summed E-state index contributed by atoms with van der Waals surface area (Å²) in [6, 6.07) is 5.68. The summed E-state index contributed by atoms with van der Waals surface area (Å²) in [6.07, 6.45) is 0.882. The molecule has 0 amide bonds. The second kappa shape index (κ2) is 4.17. The van der Waals surface area contributed by atoms with E-state index in [-0.39, 0.29) is 6.10 Å². The molecule has 2 heterocycles. The fourth-order valence-corrected chi connectivity index (χ4v) is 2.33. The monoisotopic (exact) mass is 264 g/mol. The molecule has 1 aromatic carbocycles. The van der Waals surface area contributed by atoms with E-state index >= 15 is 0 Å². The number of fused-ring (bicyclic) bond motifs is 1. The van der Waals surface area contributed by atoms with Gasteiger partial charge in [0.15, 0.2) is 5.82 Å². The van der Waals surface area contributed by atoms with Gasteiger partial charge < -0.3 is 10.5 Å². The summed E-state index contributed by atoms with van der Waals surface area (Å²) < 4.78 is 7.61. The van der Waals surface area contributed by atoms with Gasteiger partial charge >= 0.3 is 0 Å². The van der Waals surface area contributed by atoms with Crippen molar-refractivity contribution in [1.82, 2.24) is 15.0 Å². The van der Waals surface area contributed by atoms with Crippen molar-refractivity contribution in [2.75, 3.05) is 5.73 Å². The van der Waals surface area contributed by atoms with Crippen LogP contribution >= 0.6 is 11.6 Å². The third-order valence-electron chi connectivity index (χ3n) is 3.16. The second-order valence-corrected chi connectivity index (χ2v) is 4.87. The molecule has 0 radical (unpaired) electrons. The molecule has 94 valence electrons. The van der Waals surface area contributed by atoms with Crippen molar-refractivity contribution in [1.29, 1.82) is 0 Å². The molecule has 0 aliphatic carbocycles. The van der Waals surface area contributed by atoms with Crippen molar-refractivity contribution < 1.29 is 4.74 Å². The van der Waals surface area contributed by atoms with Crippen molar-refractivity contribution in [3.8, 4) is 5.75 Å². The van der Waals surface area contributed by atoms with Gasteiger partial charge in [0.25, 0.3) is 0 Å². The smallest absolute Gasteiger partial charge is 0.168 e. The number of rotatable bonds is 2. The molecular weight excluding hydrogens is 252 g/mol. The molecule has 1 aliphatic rings. The van der Waals surface area contributed by atoms with Crippen LogP contribution in [0.2, 0.25) is 5.02 Å². The zero-order valence-corrected chi connectivity index (χ0v) is 10.7. The first-order chi connectivity index (χ1) is 8.63. The van der Waals surface area contributed by atoms with Crippen LogP contribution in [0.1, 0.15) is 11.3 Å². The molecule has 1 aliphatic heterocycles. The van der Waals surface area contributed by atoms with Gasteiger partial charge in [-0.15, -0.1) is 5.10 Å². The first-order valence-electron chi connectivity index (χ1n) is 5.74. The van der Waals surface area contributed by atoms with Crippen LogP contribution in [0.3, 0.4) is 0 Å². The Bertz CT molecular complexity index is 596. The topological polar surface area (TPSA) is 66.0 Å². The van der Waals surface area contributed by atoms with Crippen LogP contribution in [0, 0.1) is 6.92 Å². The molecule has 3 rings (SSSR count). The summed E-state index contributed by atoms with van der Waals surface area (Å²) >= 11 is 5.96. The fourth-order valence-electron chi connectivity index (χ4n) is 2.13. The molecule has 5 nitrogen and oxygen atoms in total. The maximum Gasteiger partial charge on any atom is 0.168 e. The Morgan fingerprint density at radius 1 is 1.56 bits per heavy atom. The van der Waals surface area contributed by atoms with E-state index in [0.717, 1.165) is 28.5 Å². The van der Waals surface area contributed by atoms with Crippen molar-refractivity contribution in [2.24, 2.45) is 0 Å². The highest BCUT2D eigenvalue weighted by molar-refractivity contribution is 6.30. The highest BCUT2D eigenvalue weighted by Gasteiger charge is 2.24. The minimum absolute atomic E-state index is 0.0540. The normalized spacial score (nSPS) is 17.6. The number of benzene rings is 1. The predicted molar refractivity (Wildman–Crippen MR) is 68.7 cm³/mol. The third-order valence-corrected chi connectivity index (χ3v) is 3.39. The molecule has 2 N–H and O–H groups in total. The molecule has 0 saturated heterocycles. The molecule has 1 aromatic heterocycles. The largest absolute Gasteiger partial charge is 0.488 e. The minimum atomic E-state index is 0.0540. The van der Waals surface area contributed by atoms with E-state index < -0.39 is 0 Å². The number of hydrogen-bond donors (Lipinski definition) is 1. The van der Waals surface area contributed by atoms with Gasteiger partial charge in [-0.25, -0.2) is 4.68 Å². The van der Waals surface area contributed by atoms with E-state index in [9.17, 15) is 0 Å². The van der Waals surface area contributed by atoms with E-state index in [1.807, 2.05) is 25.1 Å². The van der Waals surface area contributed by atoms with Crippen LogP contribution in [-0.4, -0.2) is 21.1 Å². The van der Waals surface area contributed by atoms with Gasteiger partial charge in [-0.1, -0.05) is 16.8 Å². The van der Waals surface area contributed by atoms with Crippen LogP contribution in [0.25, 0.3) is 0 Å². The molecule has 0 saturated carbocycles. The van der Waals surface area contributed by atoms with E-state index in [1.54, 1.807) is 4.68 Å². The number of nitrogens with zero attached hydrogens (tertiary/aromatic N) is 3. The van der Waals surface area contributed by atoms with Crippen molar-refractivity contribution >= 4 is 17.4 Å². The van der Waals surface area contributed by atoms with Crippen LogP contribution < -0.4 is 10.5 Å². The van der Waals surface area contributed by atoms with Crippen LogP contribution in [0.15, 0.2) is 18.2 Å². The lowest BCUT2D eigenvalue weighted by Crippen LogP contribution is -2.22. The Morgan fingerprint density at radius 2 is 2.39 bits per heavy atom. The summed E-state index contributed by atoms with van der Waals surface area (Å²) in [5, 5.41) is 8.57. The van der Waals surface area contributed by atoms with Crippen molar-refractivity contribution in [2.45, 2.75) is 26.0 Å². The first kappa shape index (κ1) is 11.3. The summed E-state index contributed by atoms with van der Waals surface area (Å²) in [5.41, 5.74) is 7.67. The zero-order valence-electron chi connectivity index (χ0n) is 9.93. The average Bonchev–Trinajstić information content (AvgIpc) is 2.86. The Labute approximate surface area is 109 Å². The number of anilines is 1. The van der Waals surface area contributed by atoms with Crippen LogP contribution in [0.5, 0.6) is 5.75 Å². The number of aromatic nitrogens is 3. The SMILES string of the molecule is Cc1c(N)nnn1CC1Cc2cc(Cl)ccc2O1. The highest BCUT2D eigenvalue weighted by Crippen LogP contribution is 2.31. The molecule has 6 heteroatoms. The summed E-state index contributed by atoms with van der Waals surface area (Å²) in [5.74, 6) is 1.36.